The molecule has 0 saturated heterocycles. The average molecular weight is 397 g/mol. The maximum absolute atomic E-state index is 12.3. The number of carbonyl (C=O) groups is 2. The first-order valence-electron chi connectivity index (χ1n) is 9.46. The van der Waals surface area contributed by atoms with Crippen molar-refractivity contribution < 1.29 is 9.59 Å². The fraction of sp³-hybridized carbons (Fsp3) is 0.391. The molecule has 3 rings (SSSR count). The van der Waals surface area contributed by atoms with Gasteiger partial charge in [0.15, 0.2) is 0 Å². The Labute approximate surface area is 171 Å². The summed E-state index contributed by atoms with van der Waals surface area (Å²) in [7, 11) is 0. The Hall–Kier alpha value is -2.27. The van der Waals surface area contributed by atoms with Gasteiger partial charge in [-0.05, 0) is 52.5 Å². The molecule has 1 aliphatic heterocycles. The molecule has 1 heterocycles. The van der Waals surface area contributed by atoms with Crippen LogP contribution < -0.4 is 11.5 Å². The molecular weight excluding hydrogens is 368 g/mol. The highest BCUT2D eigenvalue weighted by Crippen LogP contribution is 2.48. The molecule has 0 aromatic heterocycles. The van der Waals surface area contributed by atoms with E-state index in [2.05, 4.69) is 40.7 Å². The van der Waals surface area contributed by atoms with E-state index in [0.29, 0.717) is 6.42 Å². The highest BCUT2D eigenvalue weighted by atomic mass is 32.2. The molecule has 0 saturated carbocycles. The van der Waals surface area contributed by atoms with Crippen LogP contribution in [0.1, 0.15) is 78.4 Å². The summed E-state index contributed by atoms with van der Waals surface area (Å²) in [6.45, 7) is 11.0. The maximum atomic E-state index is 12.3. The lowest BCUT2D eigenvalue weighted by molar-refractivity contribution is 0.0964. The van der Waals surface area contributed by atoms with E-state index < -0.39 is 11.8 Å². The molecule has 28 heavy (non-hydrogen) atoms. The van der Waals surface area contributed by atoms with Crippen LogP contribution in [0.2, 0.25) is 0 Å². The molecule has 0 aliphatic carbocycles. The van der Waals surface area contributed by atoms with Gasteiger partial charge >= 0.3 is 0 Å². The van der Waals surface area contributed by atoms with Gasteiger partial charge in [0.25, 0.3) is 5.91 Å². The summed E-state index contributed by atoms with van der Waals surface area (Å²) in [5, 5.41) is 0. The van der Waals surface area contributed by atoms with Gasteiger partial charge < -0.3 is 11.5 Å². The van der Waals surface area contributed by atoms with E-state index >= 15 is 0 Å². The minimum atomic E-state index is -0.621. The van der Waals surface area contributed by atoms with Gasteiger partial charge in [-0.2, -0.15) is 0 Å². The third-order valence-corrected chi connectivity index (χ3v) is 6.42. The number of carbonyl (C=O) groups excluding carboxylic acids is 2. The Morgan fingerprint density at radius 3 is 2.25 bits per heavy atom. The highest BCUT2D eigenvalue weighted by molar-refractivity contribution is 7.99. The predicted octanol–water partition coefficient (Wildman–Crippen LogP) is 4.65. The summed E-state index contributed by atoms with van der Waals surface area (Å²) in [5.74, 6) is -1.24. The molecule has 0 atom stereocenters. The van der Waals surface area contributed by atoms with Crippen molar-refractivity contribution in [3.8, 4) is 0 Å². The number of benzene rings is 2. The van der Waals surface area contributed by atoms with Crippen molar-refractivity contribution in [2.24, 2.45) is 16.9 Å². The summed E-state index contributed by atoms with van der Waals surface area (Å²) in [6, 6.07) is 9.95. The van der Waals surface area contributed by atoms with Gasteiger partial charge in [0.1, 0.15) is 0 Å². The summed E-state index contributed by atoms with van der Waals surface area (Å²) >= 11 is 1.51. The highest BCUT2D eigenvalue weighted by Gasteiger charge is 2.35. The van der Waals surface area contributed by atoms with E-state index in [1.54, 1.807) is 0 Å². The van der Waals surface area contributed by atoms with Crippen LogP contribution in [0, 0.1) is 5.41 Å². The molecule has 4 nitrogen and oxygen atoms in total. The minimum Gasteiger partial charge on any atom is -0.366 e. The third kappa shape index (κ3) is 3.81. The Morgan fingerprint density at radius 2 is 1.68 bits per heavy atom. The number of primary amides is 2. The molecule has 0 fully saturated rings. The van der Waals surface area contributed by atoms with Crippen LogP contribution in [0.3, 0.4) is 0 Å². The van der Waals surface area contributed by atoms with Crippen LogP contribution in [0.4, 0.5) is 0 Å². The molecule has 2 amide bonds. The van der Waals surface area contributed by atoms with Gasteiger partial charge in [-0.3, -0.25) is 9.59 Å². The minimum absolute atomic E-state index is 0.103. The van der Waals surface area contributed by atoms with Crippen LogP contribution in [0.25, 0.3) is 0 Å². The molecule has 0 spiro atoms. The van der Waals surface area contributed by atoms with Crippen LogP contribution in [-0.2, 0) is 11.8 Å². The van der Waals surface area contributed by atoms with E-state index in [1.165, 1.54) is 17.3 Å². The lowest BCUT2D eigenvalue weighted by Crippen LogP contribution is -2.30. The number of rotatable bonds is 4. The van der Waals surface area contributed by atoms with E-state index in [-0.39, 0.29) is 22.0 Å². The monoisotopic (exact) mass is 396 g/mol. The van der Waals surface area contributed by atoms with E-state index in [4.69, 9.17) is 11.5 Å². The average Bonchev–Trinajstić information content (AvgIpc) is 2.55. The summed E-state index contributed by atoms with van der Waals surface area (Å²) in [5.41, 5.74) is 15.1. The number of nitrogens with two attached hydrogens (primary N) is 2. The van der Waals surface area contributed by atoms with Gasteiger partial charge in [-0.25, -0.2) is 0 Å². The second-order valence-electron chi connectivity index (χ2n) is 9.39. The number of hydrogen-bond acceptors (Lipinski definition) is 3. The smallest absolute Gasteiger partial charge is 0.250 e. The second-order valence-corrected chi connectivity index (χ2v) is 10.4. The maximum Gasteiger partial charge on any atom is 0.250 e. The Balaban J connectivity index is 2.32. The Kier molecular flexibility index (Phi) is 5.09. The normalized spacial score (nSPS) is 13.6. The fourth-order valence-electron chi connectivity index (χ4n) is 4.50. The topological polar surface area (TPSA) is 86.2 Å². The van der Waals surface area contributed by atoms with E-state index in [1.807, 2.05) is 24.3 Å². The number of amides is 2. The van der Waals surface area contributed by atoms with Crippen molar-refractivity contribution in [1.29, 1.82) is 0 Å². The Bertz CT molecular complexity index is 971. The molecule has 2 aromatic carbocycles. The van der Waals surface area contributed by atoms with Crippen molar-refractivity contribution in [1.82, 2.24) is 0 Å². The zero-order chi connectivity index (χ0) is 20.9. The molecule has 0 radical (unpaired) electrons. The zero-order valence-electron chi connectivity index (χ0n) is 17.2. The number of hydrogen-bond donors (Lipinski definition) is 2. The van der Waals surface area contributed by atoms with Gasteiger partial charge in [0.2, 0.25) is 5.91 Å². The predicted molar refractivity (Wildman–Crippen MR) is 114 cm³/mol. The lowest BCUT2D eigenvalue weighted by atomic mass is 9.69. The van der Waals surface area contributed by atoms with Crippen LogP contribution in [-0.4, -0.2) is 11.8 Å². The van der Waals surface area contributed by atoms with Gasteiger partial charge in [-0.15, -0.1) is 0 Å². The van der Waals surface area contributed by atoms with Gasteiger partial charge in [0, 0.05) is 9.79 Å². The quantitative estimate of drug-likeness (QED) is 0.673. The largest absolute Gasteiger partial charge is 0.366 e. The van der Waals surface area contributed by atoms with Crippen molar-refractivity contribution >= 4 is 23.6 Å². The first-order chi connectivity index (χ1) is 12.9. The molecule has 4 N–H and O–H groups in total. The first kappa shape index (κ1) is 20.5. The summed E-state index contributed by atoms with van der Waals surface area (Å²) < 4.78 is 0. The van der Waals surface area contributed by atoms with Crippen molar-refractivity contribution in [3.05, 3.63) is 58.1 Å². The van der Waals surface area contributed by atoms with Crippen LogP contribution in [0.5, 0.6) is 0 Å². The second kappa shape index (κ2) is 6.96. The molecule has 1 aliphatic rings. The molecule has 5 heteroatoms. The summed E-state index contributed by atoms with van der Waals surface area (Å²) in [6.07, 6.45) is 1.63. The standard InChI is InChI=1S/C23H28N2O2S/c1-22(2,3)12-23(4,5)16-11-15(20(24)26)18(21(25)27)19-14(16)10-13-8-6-7-9-17(13)28-19/h6-9,11H,10,12H2,1-5H3,(H2,24,26)(H2,25,27). The number of fused-ring (bicyclic) bond motifs is 2. The van der Waals surface area contributed by atoms with Crippen molar-refractivity contribution in [2.45, 2.75) is 62.7 Å². The molecular formula is C23H28N2O2S. The van der Waals surface area contributed by atoms with Gasteiger partial charge in [-0.1, -0.05) is 64.6 Å². The zero-order valence-corrected chi connectivity index (χ0v) is 18.0. The van der Waals surface area contributed by atoms with E-state index in [0.717, 1.165) is 27.3 Å². The van der Waals surface area contributed by atoms with E-state index in [9.17, 15) is 9.59 Å². The first-order valence-corrected chi connectivity index (χ1v) is 10.3. The third-order valence-electron chi connectivity index (χ3n) is 5.15. The fourth-order valence-corrected chi connectivity index (χ4v) is 5.76. The Morgan fingerprint density at radius 1 is 1.04 bits per heavy atom. The molecule has 0 unspecified atom stereocenters. The molecule has 148 valence electrons. The lowest BCUT2D eigenvalue weighted by Gasteiger charge is -2.37. The van der Waals surface area contributed by atoms with Crippen molar-refractivity contribution in [3.63, 3.8) is 0 Å². The molecule has 0 bridgehead atoms. The van der Waals surface area contributed by atoms with Gasteiger partial charge in [0.05, 0.1) is 11.1 Å². The molecule has 2 aromatic rings. The van der Waals surface area contributed by atoms with Crippen LogP contribution >= 0.6 is 11.8 Å². The SMILES string of the molecule is CC(C)(C)CC(C)(C)c1cc(C(N)=O)c(C(N)=O)c2c1Cc1ccccc1S2. The summed E-state index contributed by atoms with van der Waals surface area (Å²) in [4.78, 5) is 26.4. The van der Waals surface area contributed by atoms with Crippen molar-refractivity contribution in [2.75, 3.05) is 0 Å². The van der Waals surface area contributed by atoms with Crippen LogP contribution in [0.15, 0.2) is 40.1 Å².